The lowest BCUT2D eigenvalue weighted by Gasteiger charge is -2.32. The number of amides is 1. The van der Waals surface area contributed by atoms with E-state index in [0.29, 0.717) is 0 Å². The Balaban J connectivity index is 2.12. The quantitative estimate of drug-likeness (QED) is 0.931. The fourth-order valence-corrected chi connectivity index (χ4v) is 4.10. The van der Waals surface area contributed by atoms with Gasteiger partial charge in [0.25, 0.3) is 0 Å². The van der Waals surface area contributed by atoms with Gasteiger partial charge in [-0.25, -0.2) is 0 Å². The first-order chi connectivity index (χ1) is 9.49. The highest BCUT2D eigenvalue weighted by Crippen LogP contribution is 2.32. The molecule has 2 heterocycles. The first kappa shape index (κ1) is 15.8. The summed E-state index contributed by atoms with van der Waals surface area (Å²) >= 11 is 7.65. The van der Waals surface area contributed by atoms with Crippen molar-refractivity contribution in [1.82, 2.24) is 9.80 Å². The number of carbonyl (C=O) groups is 1. The van der Waals surface area contributed by atoms with Crippen molar-refractivity contribution in [2.45, 2.75) is 32.4 Å². The number of carbonyl (C=O) groups excluding carboxylic acids is 1. The van der Waals surface area contributed by atoms with E-state index < -0.39 is 0 Å². The van der Waals surface area contributed by atoms with Crippen LogP contribution in [0.3, 0.4) is 0 Å². The van der Waals surface area contributed by atoms with Crippen molar-refractivity contribution in [2.24, 2.45) is 5.73 Å². The second-order valence-electron chi connectivity index (χ2n) is 5.34. The van der Waals surface area contributed by atoms with Crippen molar-refractivity contribution in [1.29, 1.82) is 0 Å². The monoisotopic (exact) mass is 315 g/mol. The molecule has 112 valence electrons. The van der Waals surface area contributed by atoms with Crippen LogP contribution in [-0.2, 0) is 4.79 Å². The van der Waals surface area contributed by atoms with E-state index in [1.165, 1.54) is 4.88 Å². The molecule has 0 saturated carbocycles. The number of hydrogen-bond donors (Lipinski definition) is 1. The van der Waals surface area contributed by atoms with Crippen LogP contribution in [-0.4, -0.2) is 47.9 Å². The van der Waals surface area contributed by atoms with Gasteiger partial charge in [0, 0.05) is 44.0 Å². The summed E-state index contributed by atoms with van der Waals surface area (Å²) in [6.07, 6.45) is 0.988. The zero-order chi connectivity index (χ0) is 14.7. The molecule has 0 bridgehead atoms. The van der Waals surface area contributed by atoms with Gasteiger partial charge in [-0.05, 0) is 25.5 Å². The minimum absolute atomic E-state index is 0.0357. The largest absolute Gasteiger partial charge is 0.342 e. The van der Waals surface area contributed by atoms with Crippen LogP contribution < -0.4 is 5.73 Å². The molecule has 0 spiro atoms. The molecule has 2 N–H and O–H groups in total. The van der Waals surface area contributed by atoms with Crippen molar-refractivity contribution in [2.75, 3.05) is 26.2 Å². The lowest BCUT2D eigenvalue weighted by atomic mass is 10.1. The van der Waals surface area contributed by atoms with Crippen LogP contribution in [0.25, 0.3) is 0 Å². The van der Waals surface area contributed by atoms with Gasteiger partial charge < -0.3 is 10.6 Å². The van der Waals surface area contributed by atoms with E-state index in [9.17, 15) is 4.79 Å². The van der Waals surface area contributed by atoms with Crippen LogP contribution in [0, 0.1) is 0 Å². The third-order valence-corrected chi connectivity index (χ3v) is 5.05. The summed E-state index contributed by atoms with van der Waals surface area (Å²) in [5, 5.41) is 0. The molecule has 1 aliphatic heterocycles. The van der Waals surface area contributed by atoms with Crippen molar-refractivity contribution >= 4 is 28.8 Å². The van der Waals surface area contributed by atoms with Gasteiger partial charge in [0.1, 0.15) is 0 Å². The van der Waals surface area contributed by atoms with Gasteiger partial charge in [-0.2, -0.15) is 0 Å². The second-order valence-corrected chi connectivity index (χ2v) is 7.09. The van der Waals surface area contributed by atoms with E-state index in [1.807, 2.05) is 17.9 Å². The van der Waals surface area contributed by atoms with Crippen LogP contribution in [0.15, 0.2) is 12.1 Å². The van der Waals surface area contributed by atoms with Gasteiger partial charge >= 0.3 is 0 Å². The average Bonchev–Trinajstić information content (AvgIpc) is 2.63. The first-order valence-corrected chi connectivity index (χ1v) is 8.19. The number of nitrogens with zero attached hydrogens (tertiary/aromatic N) is 2. The summed E-state index contributed by atoms with van der Waals surface area (Å²) in [4.78, 5) is 17.0. The lowest BCUT2D eigenvalue weighted by Crippen LogP contribution is -2.41. The molecule has 2 atom stereocenters. The van der Waals surface area contributed by atoms with Gasteiger partial charge in [-0.3, -0.25) is 9.69 Å². The molecule has 20 heavy (non-hydrogen) atoms. The molecule has 0 aliphatic carbocycles. The standard InChI is InChI=1S/C14H22ClN3OS/c1-10(16)14(12-4-5-13(15)20-12)18-7-3-6-17(8-9-18)11(2)19/h4-5,10,14H,3,6-9,16H2,1-2H3. The summed E-state index contributed by atoms with van der Waals surface area (Å²) in [7, 11) is 0. The van der Waals surface area contributed by atoms with E-state index in [1.54, 1.807) is 18.3 Å². The predicted octanol–water partition coefficient (Wildman–Crippen LogP) is 2.34. The first-order valence-electron chi connectivity index (χ1n) is 6.99. The normalized spacial score (nSPS) is 20.5. The molecule has 4 nitrogen and oxygen atoms in total. The molecule has 2 unspecified atom stereocenters. The summed E-state index contributed by atoms with van der Waals surface area (Å²) in [5.74, 6) is 0.156. The fraction of sp³-hybridized carbons (Fsp3) is 0.643. The molecule has 1 aromatic heterocycles. The summed E-state index contributed by atoms with van der Waals surface area (Å²) in [6.45, 7) is 7.11. The van der Waals surface area contributed by atoms with Crippen LogP contribution in [0.2, 0.25) is 4.34 Å². The lowest BCUT2D eigenvalue weighted by molar-refractivity contribution is -0.128. The Bertz CT molecular complexity index is 463. The highest BCUT2D eigenvalue weighted by Gasteiger charge is 2.27. The Morgan fingerprint density at radius 2 is 2.10 bits per heavy atom. The smallest absolute Gasteiger partial charge is 0.219 e. The molecule has 0 radical (unpaired) electrons. The number of rotatable bonds is 3. The van der Waals surface area contributed by atoms with Gasteiger partial charge in [0.05, 0.1) is 10.4 Å². The minimum Gasteiger partial charge on any atom is -0.342 e. The number of hydrogen-bond acceptors (Lipinski definition) is 4. The number of thiophene rings is 1. The Morgan fingerprint density at radius 3 is 2.65 bits per heavy atom. The summed E-state index contributed by atoms with van der Waals surface area (Å²) in [6, 6.07) is 4.21. The Hall–Kier alpha value is -0.620. The molecular weight excluding hydrogens is 294 g/mol. The van der Waals surface area contributed by atoms with Crippen LogP contribution in [0.4, 0.5) is 0 Å². The SMILES string of the molecule is CC(=O)N1CCCN(C(c2ccc(Cl)s2)C(C)N)CC1. The van der Waals surface area contributed by atoms with Gasteiger partial charge in [0.2, 0.25) is 5.91 Å². The van der Waals surface area contributed by atoms with Crippen molar-refractivity contribution in [3.05, 3.63) is 21.3 Å². The highest BCUT2D eigenvalue weighted by molar-refractivity contribution is 7.16. The Kier molecular flexibility index (Phi) is 5.43. The van der Waals surface area contributed by atoms with Gasteiger partial charge in [-0.15, -0.1) is 11.3 Å². The molecule has 1 aromatic rings. The van der Waals surface area contributed by atoms with Crippen molar-refractivity contribution < 1.29 is 4.79 Å². The van der Waals surface area contributed by atoms with E-state index >= 15 is 0 Å². The van der Waals surface area contributed by atoms with Crippen LogP contribution in [0.5, 0.6) is 0 Å². The van der Waals surface area contributed by atoms with E-state index in [-0.39, 0.29) is 18.0 Å². The number of nitrogens with two attached hydrogens (primary N) is 1. The zero-order valence-electron chi connectivity index (χ0n) is 12.0. The topological polar surface area (TPSA) is 49.6 Å². The van der Waals surface area contributed by atoms with Crippen LogP contribution in [0.1, 0.15) is 31.2 Å². The molecule has 1 aliphatic rings. The maximum atomic E-state index is 11.5. The Morgan fingerprint density at radius 1 is 1.35 bits per heavy atom. The maximum Gasteiger partial charge on any atom is 0.219 e. The predicted molar refractivity (Wildman–Crippen MR) is 84.2 cm³/mol. The Labute approximate surface area is 129 Å². The van der Waals surface area contributed by atoms with Crippen molar-refractivity contribution in [3.63, 3.8) is 0 Å². The van der Waals surface area contributed by atoms with Crippen LogP contribution >= 0.6 is 22.9 Å². The summed E-state index contributed by atoms with van der Waals surface area (Å²) < 4.78 is 0.797. The fourth-order valence-electron chi connectivity index (χ4n) is 2.79. The maximum absolute atomic E-state index is 11.5. The minimum atomic E-state index is 0.0357. The van der Waals surface area contributed by atoms with Crippen molar-refractivity contribution in [3.8, 4) is 0 Å². The van der Waals surface area contributed by atoms with E-state index in [4.69, 9.17) is 17.3 Å². The molecular formula is C14H22ClN3OS. The molecule has 6 heteroatoms. The average molecular weight is 316 g/mol. The molecule has 2 rings (SSSR count). The second kappa shape index (κ2) is 6.89. The van der Waals surface area contributed by atoms with E-state index in [0.717, 1.165) is 36.9 Å². The third kappa shape index (κ3) is 3.73. The van der Waals surface area contributed by atoms with E-state index in [2.05, 4.69) is 11.0 Å². The molecule has 1 amide bonds. The summed E-state index contributed by atoms with van der Waals surface area (Å²) in [5.41, 5.74) is 6.20. The number of halogens is 1. The highest BCUT2D eigenvalue weighted by atomic mass is 35.5. The molecule has 0 aromatic carbocycles. The zero-order valence-corrected chi connectivity index (χ0v) is 13.6. The molecule has 1 saturated heterocycles. The molecule has 1 fully saturated rings. The third-order valence-electron chi connectivity index (χ3n) is 3.75. The van der Waals surface area contributed by atoms with Gasteiger partial charge in [0.15, 0.2) is 0 Å². The van der Waals surface area contributed by atoms with Gasteiger partial charge in [-0.1, -0.05) is 11.6 Å².